The van der Waals surface area contributed by atoms with E-state index in [1.54, 1.807) is 33.7 Å². The van der Waals surface area contributed by atoms with E-state index in [0.29, 0.717) is 54.2 Å². The second kappa shape index (κ2) is 8.04. The zero-order valence-corrected chi connectivity index (χ0v) is 18.1. The number of halogens is 1. The van der Waals surface area contributed by atoms with Crippen molar-refractivity contribution in [3.8, 4) is 11.6 Å². The molecule has 3 heterocycles. The first-order chi connectivity index (χ1) is 13.9. The lowest BCUT2D eigenvalue weighted by Crippen LogP contribution is -2.48. The fourth-order valence-electron chi connectivity index (χ4n) is 3.26. The van der Waals surface area contributed by atoms with E-state index in [1.165, 1.54) is 16.4 Å². The van der Waals surface area contributed by atoms with E-state index in [4.69, 9.17) is 28.2 Å². The van der Waals surface area contributed by atoms with Crippen molar-refractivity contribution in [1.29, 1.82) is 0 Å². The van der Waals surface area contributed by atoms with Crippen molar-refractivity contribution in [3.63, 3.8) is 0 Å². The van der Waals surface area contributed by atoms with Crippen LogP contribution in [0.15, 0.2) is 52.0 Å². The van der Waals surface area contributed by atoms with Crippen molar-refractivity contribution < 1.29 is 12.8 Å². The largest absolute Gasteiger partial charge is 0.461 e. The van der Waals surface area contributed by atoms with Gasteiger partial charge in [-0.2, -0.15) is 4.31 Å². The third kappa shape index (κ3) is 4.03. The lowest BCUT2D eigenvalue weighted by Gasteiger charge is -2.33. The summed E-state index contributed by atoms with van der Waals surface area (Å²) in [6.45, 7) is 2.46. The molecular weight excluding hydrogens is 434 g/mol. The van der Waals surface area contributed by atoms with Gasteiger partial charge in [-0.3, -0.25) is 4.90 Å². The molecule has 0 N–H and O–H groups in total. The Morgan fingerprint density at radius 2 is 1.83 bits per heavy atom. The van der Waals surface area contributed by atoms with Crippen LogP contribution in [0.4, 0.5) is 0 Å². The van der Waals surface area contributed by atoms with Gasteiger partial charge in [0.25, 0.3) is 0 Å². The summed E-state index contributed by atoms with van der Waals surface area (Å²) in [6, 6.07) is 9.88. The average molecular weight is 454 g/mol. The maximum atomic E-state index is 12.8. The Morgan fingerprint density at radius 3 is 2.45 bits per heavy atom. The summed E-state index contributed by atoms with van der Waals surface area (Å²) in [5, 5.41) is 5.07. The van der Waals surface area contributed by atoms with Gasteiger partial charge in [-0.25, -0.2) is 13.1 Å². The number of furan rings is 1. The van der Waals surface area contributed by atoms with E-state index in [2.05, 4.69) is 10.00 Å². The monoisotopic (exact) mass is 453 g/mol. The molecule has 2 aromatic heterocycles. The fourth-order valence-corrected chi connectivity index (χ4v) is 4.99. The number of benzene rings is 1. The van der Waals surface area contributed by atoms with Crippen LogP contribution in [0.25, 0.3) is 11.6 Å². The van der Waals surface area contributed by atoms with Gasteiger partial charge in [0.15, 0.2) is 16.4 Å². The Labute approximate surface area is 179 Å². The summed E-state index contributed by atoms with van der Waals surface area (Å²) in [6.07, 6.45) is 1.59. The van der Waals surface area contributed by atoms with Gasteiger partial charge >= 0.3 is 0 Å². The first kappa shape index (κ1) is 20.3. The standard InChI is InChI=1S/C18H20ClN5O3S2/c1-21-17(16-3-2-12-27-16)20-24(18(21)28)13-22-8-10-23(11-9-22)29(25,26)15-6-4-14(19)5-7-15/h2-7,12H,8-11,13H2,1H3. The quantitative estimate of drug-likeness (QED) is 0.553. The van der Waals surface area contributed by atoms with Crippen molar-refractivity contribution >= 4 is 33.8 Å². The van der Waals surface area contributed by atoms with E-state index in [-0.39, 0.29) is 4.90 Å². The van der Waals surface area contributed by atoms with Crippen LogP contribution in [0.2, 0.25) is 5.02 Å². The number of nitrogens with zero attached hydrogens (tertiary/aromatic N) is 5. The number of aromatic nitrogens is 3. The molecule has 1 aliphatic heterocycles. The fraction of sp³-hybridized carbons (Fsp3) is 0.333. The summed E-state index contributed by atoms with van der Waals surface area (Å²) in [7, 11) is -1.68. The molecule has 0 amide bonds. The van der Waals surface area contributed by atoms with Gasteiger partial charge in [0, 0.05) is 38.2 Å². The van der Waals surface area contributed by atoms with Gasteiger partial charge in [-0.15, -0.1) is 5.10 Å². The molecule has 29 heavy (non-hydrogen) atoms. The topological polar surface area (TPSA) is 76.5 Å². The summed E-state index contributed by atoms with van der Waals surface area (Å²) in [4.78, 5) is 2.38. The summed E-state index contributed by atoms with van der Waals surface area (Å²) in [5.74, 6) is 1.31. The Kier molecular flexibility index (Phi) is 5.63. The first-order valence-corrected chi connectivity index (χ1v) is 11.2. The molecule has 1 fully saturated rings. The van der Waals surface area contributed by atoms with Crippen LogP contribution in [0, 0.1) is 4.77 Å². The van der Waals surface area contributed by atoms with E-state index in [9.17, 15) is 8.42 Å². The molecule has 0 saturated carbocycles. The molecule has 154 valence electrons. The molecule has 1 aliphatic rings. The zero-order valence-electron chi connectivity index (χ0n) is 15.7. The zero-order chi connectivity index (χ0) is 20.6. The highest BCUT2D eigenvalue weighted by Crippen LogP contribution is 2.21. The Morgan fingerprint density at radius 1 is 1.14 bits per heavy atom. The molecule has 0 spiro atoms. The third-order valence-corrected chi connectivity index (χ3v) is 7.55. The van der Waals surface area contributed by atoms with Crippen LogP contribution in [0.3, 0.4) is 0 Å². The molecule has 0 radical (unpaired) electrons. The molecule has 1 aromatic carbocycles. The number of hydrogen-bond acceptors (Lipinski definition) is 6. The first-order valence-electron chi connectivity index (χ1n) is 9.02. The second-order valence-electron chi connectivity index (χ2n) is 6.76. The van der Waals surface area contributed by atoms with Crippen LogP contribution < -0.4 is 0 Å². The molecule has 0 bridgehead atoms. The normalized spacial score (nSPS) is 16.3. The number of piperazine rings is 1. The molecule has 11 heteroatoms. The van der Waals surface area contributed by atoms with Gasteiger partial charge in [0.2, 0.25) is 10.0 Å². The molecule has 3 aromatic rings. The lowest BCUT2D eigenvalue weighted by atomic mass is 10.4. The molecule has 0 aliphatic carbocycles. The van der Waals surface area contributed by atoms with Gasteiger partial charge in [0.05, 0.1) is 17.8 Å². The van der Waals surface area contributed by atoms with Gasteiger partial charge in [-0.05, 0) is 48.6 Å². The lowest BCUT2D eigenvalue weighted by molar-refractivity contribution is 0.144. The SMILES string of the molecule is Cn1c(-c2ccco2)nn(CN2CCN(S(=O)(=O)c3ccc(Cl)cc3)CC2)c1=S. The van der Waals surface area contributed by atoms with Crippen molar-refractivity contribution in [2.45, 2.75) is 11.6 Å². The molecule has 8 nitrogen and oxygen atoms in total. The molecule has 0 unspecified atom stereocenters. The molecule has 0 atom stereocenters. The number of sulfonamides is 1. The Hall–Kier alpha value is -1.98. The van der Waals surface area contributed by atoms with Crippen molar-refractivity contribution in [1.82, 2.24) is 23.6 Å². The summed E-state index contributed by atoms with van der Waals surface area (Å²) < 4.78 is 36.7. The summed E-state index contributed by atoms with van der Waals surface area (Å²) in [5.41, 5.74) is 0. The Bertz CT molecular complexity index is 1150. The molecule has 4 rings (SSSR count). The van der Waals surface area contributed by atoms with Crippen molar-refractivity contribution in [2.75, 3.05) is 26.2 Å². The minimum atomic E-state index is -3.53. The van der Waals surface area contributed by atoms with E-state index >= 15 is 0 Å². The Balaban J connectivity index is 1.44. The highest BCUT2D eigenvalue weighted by atomic mass is 35.5. The maximum absolute atomic E-state index is 12.8. The highest BCUT2D eigenvalue weighted by molar-refractivity contribution is 7.89. The van der Waals surface area contributed by atoms with E-state index < -0.39 is 10.0 Å². The minimum Gasteiger partial charge on any atom is -0.461 e. The number of rotatable bonds is 5. The van der Waals surface area contributed by atoms with Gasteiger partial charge in [0.1, 0.15) is 0 Å². The van der Waals surface area contributed by atoms with Crippen LogP contribution in [0.5, 0.6) is 0 Å². The van der Waals surface area contributed by atoms with Crippen LogP contribution in [-0.2, 0) is 23.7 Å². The van der Waals surface area contributed by atoms with Crippen LogP contribution in [-0.4, -0.2) is 58.1 Å². The minimum absolute atomic E-state index is 0.255. The summed E-state index contributed by atoms with van der Waals surface area (Å²) >= 11 is 11.4. The van der Waals surface area contributed by atoms with E-state index in [1.807, 2.05) is 13.1 Å². The second-order valence-corrected chi connectivity index (χ2v) is 9.50. The smallest absolute Gasteiger partial charge is 0.243 e. The van der Waals surface area contributed by atoms with Gasteiger partial charge < -0.3 is 8.98 Å². The van der Waals surface area contributed by atoms with Crippen LogP contribution in [0.1, 0.15) is 0 Å². The number of hydrogen-bond donors (Lipinski definition) is 0. The van der Waals surface area contributed by atoms with Gasteiger partial charge in [-0.1, -0.05) is 11.6 Å². The highest BCUT2D eigenvalue weighted by Gasteiger charge is 2.28. The van der Waals surface area contributed by atoms with E-state index in [0.717, 1.165) is 0 Å². The molecular formula is C18H20ClN5O3S2. The molecule has 1 saturated heterocycles. The maximum Gasteiger partial charge on any atom is 0.243 e. The predicted octanol–water partition coefficient (Wildman–Crippen LogP) is 2.83. The third-order valence-electron chi connectivity index (χ3n) is 4.90. The van der Waals surface area contributed by atoms with Crippen molar-refractivity contribution in [3.05, 3.63) is 52.5 Å². The van der Waals surface area contributed by atoms with Crippen LogP contribution >= 0.6 is 23.8 Å². The van der Waals surface area contributed by atoms with Crippen molar-refractivity contribution in [2.24, 2.45) is 7.05 Å². The predicted molar refractivity (Wildman–Crippen MR) is 112 cm³/mol. The average Bonchev–Trinajstić information content (AvgIpc) is 3.33.